The van der Waals surface area contributed by atoms with E-state index in [1.807, 2.05) is 0 Å². The van der Waals surface area contributed by atoms with Crippen molar-refractivity contribution in [2.75, 3.05) is 6.61 Å². The van der Waals surface area contributed by atoms with Crippen LogP contribution in [0.25, 0.3) is 0 Å². The first-order chi connectivity index (χ1) is 7.68. The molecule has 1 atom stereocenters. The van der Waals surface area contributed by atoms with E-state index in [1.165, 1.54) is 6.92 Å². The summed E-state index contributed by atoms with van der Waals surface area (Å²) in [7, 11) is 0. The molecule has 0 saturated carbocycles. The van der Waals surface area contributed by atoms with Gasteiger partial charge >= 0.3 is 18.1 Å². The van der Waals surface area contributed by atoms with Crippen LogP contribution in [0.4, 0.5) is 13.2 Å². The van der Waals surface area contributed by atoms with Gasteiger partial charge in [-0.15, -0.1) is 0 Å². The molecule has 0 radical (unpaired) electrons. The normalized spacial score (nSPS) is 13.4. The molecule has 17 heavy (non-hydrogen) atoms. The van der Waals surface area contributed by atoms with Crippen LogP contribution in [0.3, 0.4) is 0 Å². The highest BCUT2D eigenvalue weighted by atomic mass is 19.4. The maximum absolute atomic E-state index is 12.0. The van der Waals surface area contributed by atoms with Gasteiger partial charge in [0.25, 0.3) is 0 Å². The third-order valence-electron chi connectivity index (χ3n) is 1.84. The van der Waals surface area contributed by atoms with Crippen LogP contribution in [-0.4, -0.2) is 30.7 Å². The van der Waals surface area contributed by atoms with E-state index in [4.69, 9.17) is 0 Å². The monoisotopic (exact) mass is 255 g/mol. The summed E-state index contributed by atoms with van der Waals surface area (Å²) < 4.78 is 40.7. The minimum Gasteiger partial charge on any atom is -0.464 e. The fourth-order valence-corrected chi connectivity index (χ4v) is 1.17. The zero-order valence-electron chi connectivity index (χ0n) is 9.93. The smallest absolute Gasteiger partial charge is 0.464 e. The predicted molar refractivity (Wildman–Crippen MR) is 54.1 cm³/mol. The molecule has 0 aromatic heterocycles. The first-order valence-electron chi connectivity index (χ1n) is 5.22. The highest BCUT2D eigenvalue weighted by molar-refractivity contribution is 5.87. The maximum Gasteiger partial charge on any atom is 0.471 e. The number of ether oxygens (including phenoxy) is 1. The molecule has 0 aliphatic carbocycles. The largest absolute Gasteiger partial charge is 0.471 e. The number of hydrogen-bond donors (Lipinski definition) is 1. The standard InChI is InChI=1S/C10H16F3NO3/c1-4-17-8(15)7(5-6(2)3)14-9(16)10(11,12)13/h6-7H,4-5H2,1-3H3,(H,14,16)/t7-/m0/s1. The second-order valence-electron chi connectivity index (χ2n) is 3.91. The third-order valence-corrected chi connectivity index (χ3v) is 1.84. The molecule has 0 aliphatic heterocycles. The van der Waals surface area contributed by atoms with Crippen molar-refractivity contribution >= 4 is 11.9 Å². The Bertz CT molecular complexity index is 276. The van der Waals surface area contributed by atoms with Crippen molar-refractivity contribution in [3.63, 3.8) is 0 Å². The van der Waals surface area contributed by atoms with Gasteiger partial charge in [-0.25, -0.2) is 4.79 Å². The first-order valence-corrected chi connectivity index (χ1v) is 5.22. The van der Waals surface area contributed by atoms with Gasteiger partial charge in [-0.2, -0.15) is 13.2 Å². The van der Waals surface area contributed by atoms with Crippen LogP contribution in [0.15, 0.2) is 0 Å². The molecule has 0 fully saturated rings. The number of carbonyl (C=O) groups is 2. The number of halogens is 3. The molecule has 0 aliphatic rings. The van der Waals surface area contributed by atoms with E-state index in [0.29, 0.717) is 0 Å². The Kier molecular flexibility index (Phi) is 5.98. The Labute approximate surface area is 97.5 Å². The highest BCUT2D eigenvalue weighted by Gasteiger charge is 2.41. The molecule has 1 amide bonds. The average molecular weight is 255 g/mol. The van der Waals surface area contributed by atoms with E-state index >= 15 is 0 Å². The van der Waals surface area contributed by atoms with Gasteiger partial charge in [-0.3, -0.25) is 4.79 Å². The number of hydrogen-bond acceptors (Lipinski definition) is 3. The minimum absolute atomic E-state index is 0.0436. The van der Waals surface area contributed by atoms with Crippen molar-refractivity contribution in [1.82, 2.24) is 5.32 Å². The van der Waals surface area contributed by atoms with Crippen LogP contribution in [0.5, 0.6) is 0 Å². The van der Waals surface area contributed by atoms with Crippen molar-refractivity contribution in [2.45, 2.75) is 39.4 Å². The summed E-state index contributed by atoms with van der Waals surface area (Å²) in [5.74, 6) is -3.02. The summed E-state index contributed by atoms with van der Waals surface area (Å²) in [6.07, 6.45) is -4.90. The van der Waals surface area contributed by atoms with E-state index in [2.05, 4.69) is 4.74 Å². The third kappa shape index (κ3) is 6.13. The zero-order chi connectivity index (χ0) is 13.6. The predicted octanol–water partition coefficient (Wildman–Crippen LogP) is 1.64. The van der Waals surface area contributed by atoms with Crippen LogP contribution in [0.2, 0.25) is 0 Å². The molecule has 7 heteroatoms. The number of nitrogens with one attached hydrogen (secondary N) is 1. The van der Waals surface area contributed by atoms with E-state index in [9.17, 15) is 22.8 Å². The Balaban J connectivity index is 4.60. The zero-order valence-corrected chi connectivity index (χ0v) is 9.93. The lowest BCUT2D eigenvalue weighted by atomic mass is 10.0. The molecular formula is C10H16F3NO3. The van der Waals surface area contributed by atoms with Crippen molar-refractivity contribution in [1.29, 1.82) is 0 Å². The fraction of sp³-hybridized carbons (Fsp3) is 0.800. The van der Waals surface area contributed by atoms with Crippen LogP contribution >= 0.6 is 0 Å². The summed E-state index contributed by atoms with van der Waals surface area (Å²) in [5, 5.41) is 1.63. The van der Waals surface area contributed by atoms with Gasteiger partial charge in [0.1, 0.15) is 6.04 Å². The lowest BCUT2D eigenvalue weighted by Gasteiger charge is -2.19. The molecule has 0 saturated heterocycles. The number of carbonyl (C=O) groups excluding carboxylic acids is 2. The molecule has 100 valence electrons. The molecule has 0 spiro atoms. The maximum atomic E-state index is 12.0. The lowest BCUT2D eigenvalue weighted by Crippen LogP contribution is -2.48. The van der Waals surface area contributed by atoms with Crippen molar-refractivity contribution in [3.8, 4) is 0 Å². The van der Waals surface area contributed by atoms with E-state index < -0.39 is 24.1 Å². The summed E-state index contributed by atoms with van der Waals surface area (Å²) in [4.78, 5) is 22.1. The summed E-state index contributed by atoms with van der Waals surface area (Å²) in [6.45, 7) is 5.04. The fourth-order valence-electron chi connectivity index (χ4n) is 1.17. The minimum atomic E-state index is -5.00. The molecule has 1 N–H and O–H groups in total. The molecule has 0 unspecified atom stereocenters. The SMILES string of the molecule is CCOC(=O)[C@H](CC(C)C)NC(=O)C(F)(F)F. The summed E-state index contributed by atoms with van der Waals surface area (Å²) in [5.41, 5.74) is 0. The van der Waals surface area contributed by atoms with Crippen molar-refractivity contribution < 1.29 is 27.5 Å². The summed E-state index contributed by atoms with van der Waals surface area (Å²) >= 11 is 0. The number of rotatable bonds is 5. The van der Waals surface area contributed by atoms with E-state index in [0.717, 1.165) is 0 Å². The van der Waals surface area contributed by atoms with Gasteiger partial charge in [0.2, 0.25) is 0 Å². The Morgan fingerprint density at radius 1 is 1.29 bits per heavy atom. The number of esters is 1. The van der Waals surface area contributed by atoms with Gasteiger partial charge in [0.05, 0.1) is 6.61 Å². The van der Waals surface area contributed by atoms with Gasteiger partial charge in [0, 0.05) is 0 Å². The van der Waals surface area contributed by atoms with Crippen LogP contribution < -0.4 is 5.32 Å². The lowest BCUT2D eigenvalue weighted by molar-refractivity contribution is -0.176. The van der Waals surface area contributed by atoms with E-state index in [1.54, 1.807) is 19.2 Å². The average Bonchev–Trinajstić information content (AvgIpc) is 2.14. The second kappa shape index (κ2) is 6.46. The van der Waals surface area contributed by atoms with Crippen LogP contribution in [-0.2, 0) is 14.3 Å². The van der Waals surface area contributed by atoms with E-state index in [-0.39, 0.29) is 18.9 Å². The first kappa shape index (κ1) is 15.7. The molecule has 0 heterocycles. The highest BCUT2D eigenvalue weighted by Crippen LogP contribution is 2.16. The Morgan fingerprint density at radius 2 is 1.82 bits per heavy atom. The van der Waals surface area contributed by atoms with Crippen molar-refractivity contribution in [3.05, 3.63) is 0 Å². The van der Waals surface area contributed by atoms with Gasteiger partial charge < -0.3 is 10.1 Å². The van der Waals surface area contributed by atoms with Gasteiger partial charge in [-0.05, 0) is 19.3 Å². The molecule has 0 bridgehead atoms. The molecule has 0 aromatic rings. The number of alkyl halides is 3. The van der Waals surface area contributed by atoms with Crippen LogP contribution in [0, 0.1) is 5.92 Å². The molecular weight excluding hydrogens is 239 g/mol. The quantitative estimate of drug-likeness (QED) is 0.760. The molecule has 0 aromatic carbocycles. The topological polar surface area (TPSA) is 55.4 Å². The van der Waals surface area contributed by atoms with Crippen LogP contribution in [0.1, 0.15) is 27.2 Å². The van der Waals surface area contributed by atoms with Crippen molar-refractivity contribution in [2.24, 2.45) is 5.92 Å². The molecule has 4 nitrogen and oxygen atoms in total. The Hall–Kier alpha value is -1.27. The number of amides is 1. The Morgan fingerprint density at radius 3 is 2.18 bits per heavy atom. The van der Waals surface area contributed by atoms with Gasteiger partial charge in [-0.1, -0.05) is 13.8 Å². The second-order valence-corrected chi connectivity index (χ2v) is 3.91. The van der Waals surface area contributed by atoms with Gasteiger partial charge in [0.15, 0.2) is 0 Å². The molecule has 0 rings (SSSR count). The summed E-state index contributed by atoms with van der Waals surface area (Å²) in [6, 6.07) is -1.26.